The summed E-state index contributed by atoms with van der Waals surface area (Å²) in [6.45, 7) is 3.96. The Kier molecular flexibility index (Phi) is 3.83. The van der Waals surface area contributed by atoms with E-state index in [0.29, 0.717) is 6.79 Å². The summed E-state index contributed by atoms with van der Waals surface area (Å²) < 4.78 is 10.9. The van der Waals surface area contributed by atoms with Crippen LogP contribution in [0.25, 0.3) is 0 Å². The lowest BCUT2D eigenvalue weighted by Gasteiger charge is -2.09. The number of pyridine rings is 1. The van der Waals surface area contributed by atoms with Crippen LogP contribution in [-0.4, -0.2) is 11.8 Å². The molecule has 0 saturated heterocycles. The number of nitrogens with zero attached hydrogens (tertiary/aromatic N) is 1. The number of ether oxygens (including phenoxy) is 2. The number of hydrogen-bond donors (Lipinski definition) is 1. The average molecular weight is 270 g/mol. The molecule has 0 spiro atoms. The number of para-hydroxylation sites is 1. The number of hydrogen-bond acceptors (Lipinski definition) is 4. The molecule has 4 nitrogen and oxygen atoms in total. The molecule has 1 aromatic heterocycles. The van der Waals surface area contributed by atoms with Gasteiger partial charge in [0, 0.05) is 24.8 Å². The predicted octanol–water partition coefficient (Wildman–Crippen LogP) is 2.66. The number of aryl methyl sites for hydroxylation is 1. The van der Waals surface area contributed by atoms with Crippen molar-refractivity contribution < 1.29 is 9.47 Å². The Balaban J connectivity index is 1.65. The second kappa shape index (κ2) is 5.92. The molecule has 4 heteroatoms. The van der Waals surface area contributed by atoms with Gasteiger partial charge in [0.15, 0.2) is 11.5 Å². The van der Waals surface area contributed by atoms with Gasteiger partial charge in [-0.05, 0) is 24.1 Å². The van der Waals surface area contributed by atoms with Crippen molar-refractivity contribution in [1.82, 2.24) is 10.3 Å². The summed E-state index contributed by atoms with van der Waals surface area (Å²) in [6, 6.07) is 10.1. The van der Waals surface area contributed by atoms with Crippen molar-refractivity contribution >= 4 is 0 Å². The summed E-state index contributed by atoms with van der Waals surface area (Å²) in [5.41, 5.74) is 3.52. The minimum atomic E-state index is 0.312. The molecule has 104 valence electrons. The Morgan fingerprint density at radius 1 is 1.10 bits per heavy atom. The fourth-order valence-electron chi connectivity index (χ4n) is 2.40. The van der Waals surface area contributed by atoms with Crippen molar-refractivity contribution in [2.45, 2.75) is 26.4 Å². The van der Waals surface area contributed by atoms with Crippen molar-refractivity contribution in [1.29, 1.82) is 0 Å². The van der Waals surface area contributed by atoms with E-state index < -0.39 is 0 Å². The van der Waals surface area contributed by atoms with Gasteiger partial charge in [-0.15, -0.1) is 0 Å². The molecular weight excluding hydrogens is 252 g/mol. The molecule has 0 amide bonds. The van der Waals surface area contributed by atoms with E-state index in [1.807, 2.05) is 24.4 Å². The van der Waals surface area contributed by atoms with Gasteiger partial charge >= 0.3 is 0 Å². The smallest absolute Gasteiger partial charge is 0.231 e. The molecule has 3 rings (SSSR count). The van der Waals surface area contributed by atoms with Crippen LogP contribution in [0.2, 0.25) is 0 Å². The third-order valence-corrected chi connectivity index (χ3v) is 3.45. The Morgan fingerprint density at radius 3 is 2.90 bits per heavy atom. The van der Waals surface area contributed by atoms with Gasteiger partial charge in [-0.3, -0.25) is 4.98 Å². The molecule has 0 bridgehead atoms. The van der Waals surface area contributed by atoms with Crippen LogP contribution in [0.15, 0.2) is 36.5 Å². The van der Waals surface area contributed by atoms with Crippen LogP contribution in [0, 0.1) is 0 Å². The lowest BCUT2D eigenvalue weighted by atomic mass is 10.1. The minimum Gasteiger partial charge on any atom is -0.454 e. The fraction of sp³-hybridized carbons (Fsp3) is 0.312. The molecule has 0 aliphatic carbocycles. The van der Waals surface area contributed by atoms with Crippen molar-refractivity contribution in [2.24, 2.45) is 0 Å². The summed E-state index contributed by atoms with van der Waals surface area (Å²) in [5.74, 6) is 1.69. The molecule has 20 heavy (non-hydrogen) atoms. The zero-order valence-corrected chi connectivity index (χ0v) is 11.6. The maximum absolute atomic E-state index is 5.50. The highest BCUT2D eigenvalue weighted by Crippen LogP contribution is 2.35. The van der Waals surface area contributed by atoms with E-state index in [4.69, 9.17) is 9.47 Å². The van der Waals surface area contributed by atoms with Crippen LogP contribution in [0.5, 0.6) is 11.5 Å². The quantitative estimate of drug-likeness (QED) is 0.907. The number of aromatic nitrogens is 1. The standard InChI is InChI=1S/C16H18N2O2/c1-2-12-6-4-8-18-14(12)10-17-9-13-5-3-7-15-16(13)20-11-19-15/h3-8,17H,2,9-11H2,1H3. The number of benzene rings is 1. The van der Waals surface area contributed by atoms with Crippen molar-refractivity contribution in [2.75, 3.05) is 6.79 Å². The first-order valence-corrected chi connectivity index (χ1v) is 6.89. The summed E-state index contributed by atoms with van der Waals surface area (Å²) in [7, 11) is 0. The molecule has 0 fully saturated rings. The maximum atomic E-state index is 5.50. The normalized spacial score (nSPS) is 12.7. The Labute approximate surface area is 118 Å². The van der Waals surface area contributed by atoms with Gasteiger partial charge in [-0.25, -0.2) is 0 Å². The first kappa shape index (κ1) is 12.9. The van der Waals surface area contributed by atoms with E-state index in [0.717, 1.165) is 42.3 Å². The largest absolute Gasteiger partial charge is 0.454 e. The molecular formula is C16H18N2O2. The third-order valence-electron chi connectivity index (χ3n) is 3.45. The zero-order chi connectivity index (χ0) is 13.8. The highest BCUT2D eigenvalue weighted by Gasteiger charge is 2.16. The highest BCUT2D eigenvalue weighted by molar-refractivity contribution is 5.48. The zero-order valence-electron chi connectivity index (χ0n) is 11.6. The SMILES string of the molecule is CCc1cccnc1CNCc1cccc2c1OCO2. The molecule has 0 saturated carbocycles. The summed E-state index contributed by atoms with van der Waals surface area (Å²) in [5, 5.41) is 3.42. The minimum absolute atomic E-state index is 0.312. The molecule has 1 aliphatic heterocycles. The van der Waals surface area contributed by atoms with Gasteiger partial charge in [0.2, 0.25) is 6.79 Å². The van der Waals surface area contributed by atoms with Gasteiger partial charge in [0.25, 0.3) is 0 Å². The van der Waals surface area contributed by atoms with Gasteiger partial charge in [-0.2, -0.15) is 0 Å². The summed E-state index contributed by atoms with van der Waals surface area (Å²) >= 11 is 0. The lowest BCUT2D eigenvalue weighted by Crippen LogP contribution is -2.15. The van der Waals surface area contributed by atoms with Crippen molar-refractivity contribution in [3.63, 3.8) is 0 Å². The molecule has 1 N–H and O–H groups in total. The molecule has 1 aliphatic rings. The van der Waals surface area contributed by atoms with Crippen LogP contribution in [-0.2, 0) is 19.5 Å². The van der Waals surface area contributed by atoms with Gasteiger partial charge < -0.3 is 14.8 Å². The lowest BCUT2D eigenvalue weighted by molar-refractivity contribution is 0.173. The van der Waals surface area contributed by atoms with E-state index in [1.165, 1.54) is 5.56 Å². The fourth-order valence-corrected chi connectivity index (χ4v) is 2.40. The van der Waals surface area contributed by atoms with E-state index >= 15 is 0 Å². The topological polar surface area (TPSA) is 43.4 Å². The van der Waals surface area contributed by atoms with Gasteiger partial charge in [-0.1, -0.05) is 25.1 Å². The summed E-state index contributed by atoms with van der Waals surface area (Å²) in [6.07, 6.45) is 2.84. The third kappa shape index (κ3) is 2.60. The Hall–Kier alpha value is -2.07. The van der Waals surface area contributed by atoms with E-state index in [-0.39, 0.29) is 0 Å². The predicted molar refractivity (Wildman–Crippen MR) is 76.7 cm³/mol. The van der Waals surface area contributed by atoms with Crippen LogP contribution < -0.4 is 14.8 Å². The first-order valence-electron chi connectivity index (χ1n) is 6.89. The highest BCUT2D eigenvalue weighted by atomic mass is 16.7. The van der Waals surface area contributed by atoms with Gasteiger partial charge in [0.1, 0.15) is 0 Å². The molecule has 0 atom stereocenters. The number of nitrogens with one attached hydrogen (secondary N) is 1. The van der Waals surface area contributed by atoms with Crippen molar-refractivity contribution in [3.05, 3.63) is 53.3 Å². The van der Waals surface area contributed by atoms with Gasteiger partial charge in [0.05, 0.1) is 5.69 Å². The van der Waals surface area contributed by atoms with Crippen LogP contribution >= 0.6 is 0 Å². The van der Waals surface area contributed by atoms with Crippen LogP contribution in [0.3, 0.4) is 0 Å². The molecule has 0 unspecified atom stereocenters. The molecule has 2 heterocycles. The molecule has 1 aromatic carbocycles. The van der Waals surface area contributed by atoms with Crippen LogP contribution in [0.4, 0.5) is 0 Å². The maximum Gasteiger partial charge on any atom is 0.231 e. The monoisotopic (exact) mass is 270 g/mol. The Morgan fingerprint density at radius 2 is 2.00 bits per heavy atom. The van der Waals surface area contributed by atoms with Crippen LogP contribution in [0.1, 0.15) is 23.7 Å². The number of fused-ring (bicyclic) bond motifs is 1. The molecule has 2 aromatic rings. The second-order valence-electron chi connectivity index (χ2n) is 4.72. The Bertz CT molecular complexity index is 599. The molecule has 0 radical (unpaired) electrons. The van der Waals surface area contributed by atoms with E-state index in [2.05, 4.69) is 29.4 Å². The second-order valence-corrected chi connectivity index (χ2v) is 4.72. The average Bonchev–Trinajstić information content (AvgIpc) is 2.97. The van der Waals surface area contributed by atoms with E-state index in [9.17, 15) is 0 Å². The summed E-state index contributed by atoms with van der Waals surface area (Å²) in [4.78, 5) is 4.43. The van der Waals surface area contributed by atoms with Crippen molar-refractivity contribution in [3.8, 4) is 11.5 Å². The number of rotatable bonds is 5. The van der Waals surface area contributed by atoms with E-state index in [1.54, 1.807) is 0 Å². The first-order chi connectivity index (χ1) is 9.88.